The highest BCUT2D eigenvalue weighted by atomic mass is 15.0. The Balaban J connectivity index is 2.41. The highest BCUT2D eigenvalue weighted by Crippen LogP contribution is 2.04. The van der Waals surface area contributed by atoms with Crippen molar-refractivity contribution in [2.75, 3.05) is 5.32 Å². The summed E-state index contributed by atoms with van der Waals surface area (Å²) in [5.41, 5.74) is 5.67. The van der Waals surface area contributed by atoms with Gasteiger partial charge in [0.1, 0.15) is 5.82 Å². The molecule has 0 fully saturated rings. The smallest absolute Gasteiger partial charge is 0.144 e. The van der Waals surface area contributed by atoms with Crippen LogP contribution in [0.1, 0.15) is 20.3 Å². The second-order valence-electron chi connectivity index (χ2n) is 3.35. The van der Waals surface area contributed by atoms with E-state index >= 15 is 0 Å². The first-order valence-electron chi connectivity index (χ1n) is 4.46. The Hall–Kier alpha value is -1.16. The summed E-state index contributed by atoms with van der Waals surface area (Å²) in [5.74, 6) is 0.802. The van der Waals surface area contributed by atoms with Crippen LogP contribution in [0.15, 0.2) is 18.6 Å². The van der Waals surface area contributed by atoms with Crippen LogP contribution < -0.4 is 11.1 Å². The predicted molar refractivity (Wildman–Crippen MR) is 53.4 cm³/mol. The van der Waals surface area contributed by atoms with E-state index in [-0.39, 0.29) is 6.04 Å². The number of anilines is 1. The third-order valence-corrected chi connectivity index (χ3v) is 1.68. The molecule has 0 bridgehead atoms. The number of nitrogens with zero attached hydrogens (tertiary/aromatic N) is 2. The third kappa shape index (κ3) is 3.85. The van der Waals surface area contributed by atoms with Crippen LogP contribution in [-0.2, 0) is 0 Å². The fourth-order valence-electron chi connectivity index (χ4n) is 1.24. The lowest BCUT2D eigenvalue weighted by atomic mass is 10.1. The molecular weight excluding hydrogens is 164 g/mol. The molecule has 3 N–H and O–H groups in total. The van der Waals surface area contributed by atoms with Crippen molar-refractivity contribution in [2.24, 2.45) is 5.73 Å². The Morgan fingerprint density at radius 1 is 1.46 bits per heavy atom. The molecule has 2 unspecified atom stereocenters. The van der Waals surface area contributed by atoms with E-state index in [1.165, 1.54) is 0 Å². The Morgan fingerprint density at radius 3 is 2.77 bits per heavy atom. The predicted octanol–water partition coefficient (Wildman–Crippen LogP) is 1.01. The Labute approximate surface area is 78.6 Å². The van der Waals surface area contributed by atoms with E-state index in [0.717, 1.165) is 12.2 Å². The van der Waals surface area contributed by atoms with Gasteiger partial charge in [0.15, 0.2) is 0 Å². The van der Waals surface area contributed by atoms with Crippen molar-refractivity contribution in [3.8, 4) is 0 Å². The quantitative estimate of drug-likeness (QED) is 0.726. The van der Waals surface area contributed by atoms with Gasteiger partial charge >= 0.3 is 0 Å². The fraction of sp³-hybridized carbons (Fsp3) is 0.556. The molecule has 4 heteroatoms. The first kappa shape index (κ1) is 9.92. The molecule has 4 nitrogen and oxygen atoms in total. The van der Waals surface area contributed by atoms with Crippen LogP contribution in [0, 0.1) is 0 Å². The van der Waals surface area contributed by atoms with Crippen LogP contribution in [0.4, 0.5) is 5.82 Å². The van der Waals surface area contributed by atoms with Crippen molar-refractivity contribution >= 4 is 5.82 Å². The lowest BCUT2D eigenvalue weighted by Crippen LogP contribution is -2.26. The van der Waals surface area contributed by atoms with Crippen LogP contribution in [0.3, 0.4) is 0 Å². The maximum atomic E-state index is 5.67. The largest absolute Gasteiger partial charge is 0.366 e. The Bertz CT molecular complexity index is 235. The summed E-state index contributed by atoms with van der Waals surface area (Å²) in [6, 6.07) is 0.538. The van der Waals surface area contributed by atoms with E-state index in [0.29, 0.717) is 6.04 Å². The Kier molecular flexibility index (Phi) is 3.64. The number of hydrogen-bond donors (Lipinski definition) is 2. The molecule has 0 saturated heterocycles. The summed E-state index contributed by atoms with van der Waals surface area (Å²) in [7, 11) is 0. The zero-order valence-corrected chi connectivity index (χ0v) is 8.07. The summed E-state index contributed by atoms with van der Waals surface area (Å²) in [4.78, 5) is 8.07. The highest BCUT2D eigenvalue weighted by molar-refractivity contribution is 5.30. The van der Waals surface area contributed by atoms with Crippen LogP contribution in [0.2, 0.25) is 0 Å². The minimum atomic E-state index is 0.208. The second-order valence-corrected chi connectivity index (χ2v) is 3.35. The average molecular weight is 180 g/mol. The first-order chi connectivity index (χ1) is 6.18. The molecule has 1 rings (SSSR count). The molecule has 1 aromatic rings. The monoisotopic (exact) mass is 180 g/mol. The average Bonchev–Trinajstić information content (AvgIpc) is 2.04. The van der Waals surface area contributed by atoms with Crippen LogP contribution in [-0.4, -0.2) is 22.1 Å². The molecule has 0 aliphatic heterocycles. The summed E-state index contributed by atoms with van der Waals surface area (Å²) < 4.78 is 0. The number of hydrogen-bond acceptors (Lipinski definition) is 4. The van der Waals surface area contributed by atoms with Crippen molar-refractivity contribution in [3.05, 3.63) is 18.6 Å². The molecule has 0 aromatic carbocycles. The van der Waals surface area contributed by atoms with Gasteiger partial charge < -0.3 is 11.1 Å². The number of aromatic nitrogens is 2. The van der Waals surface area contributed by atoms with Crippen LogP contribution >= 0.6 is 0 Å². The van der Waals surface area contributed by atoms with Gasteiger partial charge in [-0.25, -0.2) is 4.98 Å². The van der Waals surface area contributed by atoms with Gasteiger partial charge in [-0.05, 0) is 20.3 Å². The molecule has 2 atom stereocenters. The van der Waals surface area contributed by atoms with E-state index in [1.54, 1.807) is 18.6 Å². The number of nitrogens with two attached hydrogens (primary N) is 1. The topological polar surface area (TPSA) is 63.8 Å². The lowest BCUT2D eigenvalue weighted by Gasteiger charge is -2.15. The normalized spacial score (nSPS) is 15.0. The molecule has 0 aliphatic carbocycles. The zero-order valence-electron chi connectivity index (χ0n) is 8.07. The third-order valence-electron chi connectivity index (χ3n) is 1.68. The number of rotatable bonds is 4. The minimum absolute atomic E-state index is 0.208. The molecule has 1 heterocycles. The van der Waals surface area contributed by atoms with Gasteiger partial charge in [0.05, 0.1) is 6.20 Å². The molecule has 0 radical (unpaired) electrons. The van der Waals surface area contributed by atoms with Crippen molar-refractivity contribution in [2.45, 2.75) is 32.4 Å². The maximum absolute atomic E-state index is 5.67. The van der Waals surface area contributed by atoms with Crippen molar-refractivity contribution in [3.63, 3.8) is 0 Å². The van der Waals surface area contributed by atoms with E-state index < -0.39 is 0 Å². The van der Waals surface area contributed by atoms with Crippen LogP contribution in [0.5, 0.6) is 0 Å². The highest BCUT2D eigenvalue weighted by Gasteiger charge is 2.04. The van der Waals surface area contributed by atoms with E-state index in [9.17, 15) is 0 Å². The van der Waals surface area contributed by atoms with Gasteiger partial charge in [-0.1, -0.05) is 0 Å². The SMILES string of the molecule is CC(N)CC(C)Nc1cnccn1. The summed E-state index contributed by atoms with van der Waals surface area (Å²) in [6.45, 7) is 4.08. The second kappa shape index (κ2) is 4.77. The van der Waals surface area contributed by atoms with Crippen molar-refractivity contribution in [1.82, 2.24) is 9.97 Å². The summed E-state index contributed by atoms with van der Waals surface area (Å²) in [5, 5.41) is 3.22. The minimum Gasteiger partial charge on any atom is -0.366 e. The molecule has 0 amide bonds. The molecule has 0 spiro atoms. The fourth-order valence-corrected chi connectivity index (χ4v) is 1.24. The molecule has 0 aliphatic rings. The Morgan fingerprint density at radius 2 is 2.23 bits per heavy atom. The van der Waals surface area contributed by atoms with Gasteiger partial charge in [0.25, 0.3) is 0 Å². The van der Waals surface area contributed by atoms with Gasteiger partial charge in [-0.15, -0.1) is 0 Å². The molecular formula is C9H16N4. The van der Waals surface area contributed by atoms with Gasteiger partial charge in [0, 0.05) is 24.5 Å². The van der Waals surface area contributed by atoms with Gasteiger partial charge in [-0.2, -0.15) is 0 Å². The van der Waals surface area contributed by atoms with Gasteiger partial charge in [-0.3, -0.25) is 4.98 Å². The standard InChI is InChI=1S/C9H16N4/c1-7(10)5-8(2)13-9-6-11-3-4-12-9/h3-4,6-8H,5,10H2,1-2H3,(H,12,13). The van der Waals surface area contributed by atoms with E-state index in [2.05, 4.69) is 22.2 Å². The molecule has 1 aromatic heterocycles. The molecule has 13 heavy (non-hydrogen) atoms. The summed E-state index contributed by atoms with van der Waals surface area (Å²) >= 11 is 0. The van der Waals surface area contributed by atoms with Crippen molar-refractivity contribution < 1.29 is 0 Å². The maximum Gasteiger partial charge on any atom is 0.144 e. The van der Waals surface area contributed by atoms with Gasteiger partial charge in [0.2, 0.25) is 0 Å². The molecule has 0 saturated carbocycles. The number of nitrogens with one attached hydrogen (secondary N) is 1. The summed E-state index contributed by atoms with van der Waals surface area (Å²) in [6.07, 6.45) is 5.95. The van der Waals surface area contributed by atoms with Crippen LogP contribution in [0.25, 0.3) is 0 Å². The molecule has 72 valence electrons. The zero-order chi connectivity index (χ0) is 9.68. The first-order valence-corrected chi connectivity index (χ1v) is 4.46. The van der Waals surface area contributed by atoms with Crippen molar-refractivity contribution in [1.29, 1.82) is 0 Å². The lowest BCUT2D eigenvalue weighted by molar-refractivity contribution is 0.603. The van der Waals surface area contributed by atoms with E-state index in [4.69, 9.17) is 5.73 Å². The van der Waals surface area contributed by atoms with E-state index in [1.807, 2.05) is 6.92 Å².